The highest BCUT2D eigenvalue weighted by Gasteiger charge is 2.27. The molecule has 0 heterocycles. The minimum Gasteiger partial charge on any atom is -0.456 e. The maximum absolute atomic E-state index is 12.0. The number of nitro groups is 1. The molecule has 0 N–H and O–H groups in total. The molecule has 0 bridgehead atoms. The monoisotopic (exact) mass is 315 g/mol. The molecule has 0 saturated carbocycles. The molecule has 6 heteroatoms. The lowest BCUT2D eigenvalue weighted by atomic mass is 10.1. The molecule has 0 aliphatic carbocycles. The molecule has 1 rings (SSSR count). The molecule has 0 saturated heterocycles. The third kappa shape index (κ3) is 3.53. The molecule has 0 aromatic heterocycles. The zero-order valence-corrected chi connectivity index (χ0v) is 12.0. The molecule has 98 valence electrons. The van der Waals surface area contributed by atoms with E-state index in [1.807, 2.05) is 0 Å². The van der Waals surface area contributed by atoms with Crippen LogP contribution in [0.4, 0.5) is 5.69 Å². The van der Waals surface area contributed by atoms with E-state index in [4.69, 9.17) is 4.74 Å². The van der Waals surface area contributed by atoms with Crippen LogP contribution in [0, 0.1) is 10.1 Å². The third-order valence-corrected chi connectivity index (χ3v) is 2.68. The quantitative estimate of drug-likeness (QED) is 0.371. The van der Waals surface area contributed by atoms with E-state index >= 15 is 0 Å². The summed E-state index contributed by atoms with van der Waals surface area (Å²) in [6.45, 7) is 5.15. The summed E-state index contributed by atoms with van der Waals surface area (Å²) in [4.78, 5) is 22.4. The number of rotatable bonds is 3. The highest BCUT2D eigenvalue weighted by molar-refractivity contribution is 9.08. The predicted octanol–water partition coefficient (Wildman–Crippen LogP) is 3.45. The van der Waals surface area contributed by atoms with Crippen molar-refractivity contribution < 1.29 is 14.5 Å². The number of nitrogens with zero attached hydrogens (tertiary/aromatic N) is 1. The van der Waals surface area contributed by atoms with Gasteiger partial charge in [0.2, 0.25) is 0 Å². The van der Waals surface area contributed by atoms with Gasteiger partial charge < -0.3 is 4.74 Å². The Labute approximate surface area is 113 Å². The van der Waals surface area contributed by atoms with Gasteiger partial charge in [0.25, 0.3) is 5.69 Å². The van der Waals surface area contributed by atoms with Crippen LogP contribution < -0.4 is 0 Å². The van der Waals surface area contributed by atoms with E-state index in [9.17, 15) is 14.9 Å². The third-order valence-electron chi connectivity index (χ3n) is 2.07. The summed E-state index contributed by atoms with van der Waals surface area (Å²) < 4.78 is 5.19. The van der Waals surface area contributed by atoms with Gasteiger partial charge in [-0.05, 0) is 26.3 Å². The van der Waals surface area contributed by atoms with E-state index in [1.54, 1.807) is 32.9 Å². The first-order valence-corrected chi connectivity index (χ1v) is 6.44. The van der Waals surface area contributed by atoms with Crippen LogP contribution in [0.1, 0.15) is 36.7 Å². The van der Waals surface area contributed by atoms with Crippen molar-refractivity contribution in [3.63, 3.8) is 0 Å². The summed E-state index contributed by atoms with van der Waals surface area (Å²) >= 11 is 3.21. The van der Waals surface area contributed by atoms with Crippen molar-refractivity contribution in [2.75, 3.05) is 0 Å². The summed E-state index contributed by atoms with van der Waals surface area (Å²) in [6, 6.07) is 4.50. The second kappa shape index (κ2) is 5.48. The fourth-order valence-electron chi connectivity index (χ4n) is 1.41. The molecule has 1 aromatic rings. The Hall–Kier alpha value is -1.43. The van der Waals surface area contributed by atoms with Crippen molar-refractivity contribution in [2.45, 2.75) is 31.7 Å². The molecule has 0 aliphatic rings. The Kier molecular flexibility index (Phi) is 4.45. The van der Waals surface area contributed by atoms with Gasteiger partial charge in [0.1, 0.15) is 11.2 Å². The average Bonchev–Trinajstić information content (AvgIpc) is 2.25. The molecule has 1 aromatic carbocycles. The summed E-state index contributed by atoms with van der Waals surface area (Å²) in [5, 5.41) is 11.3. The van der Waals surface area contributed by atoms with E-state index in [-0.39, 0.29) is 11.3 Å². The smallest absolute Gasteiger partial charge is 0.346 e. The van der Waals surface area contributed by atoms with Gasteiger partial charge in [-0.25, -0.2) is 4.79 Å². The number of ether oxygens (including phenoxy) is 1. The Morgan fingerprint density at radius 3 is 2.50 bits per heavy atom. The lowest BCUT2D eigenvalue weighted by Crippen LogP contribution is -2.25. The summed E-state index contributed by atoms with van der Waals surface area (Å²) in [5.41, 5.74) is -0.376. The van der Waals surface area contributed by atoms with Crippen molar-refractivity contribution in [3.8, 4) is 0 Å². The first kappa shape index (κ1) is 14.6. The average molecular weight is 316 g/mol. The summed E-state index contributed by atoms with van der Waals surface area (Å²) in [5.74, 6) is -0.677. The molecule has 0 aliphatic heterocycles. The number of carbonyl (C=O) groups excluding carboxylic acids is 1. The molecule has 0 atom stereocenters. The Balaban J connectivity index is 3.28. The van der Waals surface area contributed by atoms with Crippen LogP contribution in [0.15, 0.2) is 18.2 Å². The minimum absolute atomic E-state index is 0.00861. The van der Waals surface area contributed by atoms with Crippen LogP contribution in [-0.2, 0) is 10.1 Å². The van der Waals surface area contributed by atoms with Crippen LogP contribution >= 0.6 is 15.9 Å². The van der Waals surface area contributed by atoms with Gasteiger partial charge in [-0.15, -0.1) is 0 Å². The second-order valence-electron chi connectivity index (χ2n) is 4.70. The minimum atomic E-state index is -0.690. The van der Waals surface area contributed by atoms with E-state index in [0.717, 1.165) is 0 Å². The fraction of sp³-hybridized carbons (Fsp3) is 0.417. The summed E-state index contributed by atoms with van der Waals surface area (Å²) in [7, 11) is 0. The van der Waals surface area contributed by atoms with Gasteiger partial charge in [-0.1, -0.05) is 28.1 Å². The van der Waals surface area contributed by atoms with Gasteiger partial charge >= 0.3 is 5.97 Å². The number of benzene rings is 1. The van der Waals surface area contributed by atoms with E-state index < -0.39 is 16.5 Å². The Bertz CT molecular complexity index is 479. The Morgan fingerprint density at radius 2 is 2.06 bits per heavy atom. The molecule has 0 amide bonds. The van der Waals surface area contributed by atoms with Crippen molar-refractivity contribution in [3.05, 3.63) is 39.4 Å². The van der Waals surface area contributed by atoms with E-state index in [1.165, 1.54) is 6.07 Å². The van der Waals surface area contributed by atoms with Crippen LogP contribution in [0.2, 0.25) is 0 Å². The maximum atomic E-state index is 12.0. The van der Waals surface area contributed by atoms with E-state index in [0.29, 0.717) is 10.9 Å². The molecule has 0 radical (unpaired) electrons. The highest BCUT2D eigenvalue weighted by Crippen LogP contribution is 2.26. The standard InChI is InChI=1S/C12H14BrNO4/c1-12(2,3)18-11(15)10-8(7-13)5-4-6-9(10)14(16)17/h4-6H,7H2,1-3H3. The Morgan fingerprint density at radius 1 is 1.44 bits per heavy atom. The van der Waals surface area contributed by atoms with Gasteiger partial charge in [-0.3, -0.25) is 10.1 Å². The number of hydrogen-bond acceptors (Lipinski definition) is 4. The first-order valence-electron chi connectivity index (χ1n) is 5.32. The van der Waals surface area contributed by atoms with Crippen LogP contribution in [0.5, 0.6) is 0 Å². The molecule has 18 heavy (non-hydrogen) atoms. The second-order valence-corrected chi connectivity index (χ2v) is 5.26. The normalized spacial score (nSPS) is 11.1. The maximum Gasteiger partial charge on any atom is 0.346 e. The fourth-order valence-corrected chi connectivity index (χ4v) is 1.88. The van der Waals surface area contributed by atoms with Gasteiger partial charge in [-0.2, -0.15) is 0 Å². The number of alkyl halides is 1. The number of hydrogen-bond donors (Lipinski definition) is 0. The highest BCUT2D eigenvalue weighted by atomic mass is 79.9. The van der Waals surface area contributed by atoms with Crippen molar-refractivity contribution in [1.82, 2.24) is 0 Å². The molecule has 0 unspecified atom stereocenters. The topological polar surface area (TPSA) is 69.4 Å². The van der Waals surface area contributed by atoms with Gasteiger partial charge in [0.05, 0.1) is 4.92 Å². The SMILES string of the molecule is CC(C)(C)OC(=O)c1c(CBr)cccc1[N+](=O)[O-]. The number of halogens is 1. The molecular formula is C12H14BrNO4. The predicted molar refractivity (Wildman–Crippen MR) is 70.9 cm³/mol. The molecular weight excluding hydrogens is 302 g/mol. The van der Waals surface area contributed by atoms with Gasteiger partial charge in [0.15, 0.2) is 0 Å². The molecule has 0 fully saturated rings. The van der Waals surface area contributed by atoms with Gasteiger partial charge in [0, 0.05) is 11.4 Å². The zero-order chi connectivity index (χ0) is 13.9. The van der Waals surface area contributed by atoms with Crippen molar-refractivity contribution in [2.24, 2.45) is 0 Å². The molecule has 0 spiro atoms. The largest absolute Gasteiger partial charge is 0.456 e. The van der Waals surface area contributed by atoms with Crippen molar-refractivity contribution >= 4 is 27.6 Å². The first-order chi connectivity index (χ1) is 8.26. The number of esters is 1. The van der Waals surface area contributed by atoms with E-state index in [2.05, 4.69) is 15.9 Å². The van der Waals surface area contributed by atoms with Crippen LogP contribution in [0.25, 0.3) is 0 Å². The molecule has 5 nitrogen and oxygen atoms in total. The van der Waals surface area contributed by atoms with Crippen LogP contribution in [0.3, 0.4) is 0 Å². The van der Waals surface area contributed by atoms with Crippen LogP contribution in [-0.4, -0.2) is 16.5 Å². The zero-order valence-electron chi connectivity index (χ0n) is 10.4. The number of nitro benzene ring substituents is 1. The lowest BCUT2D eigenvalue weighted by Gasteiger charge is -2.20. The number of carbonyl (C=O) groups is 1. The van der Waals surface area contributed by atoms with Crippen molar-refractivity contribution in [1.29, 1.82) is 0 Å². The summed E-state index contributed by atoms with van der Waals surface area (Å²) in [6.07, 6.45) is 0. The lowest BCUT2D eigenvalue weighted by molar-refractivity contribution is -0.385.